The number of aliphatic hydroxyl groups excluding tert-OH is 1. The maximum absolute atomic E-state index is 10.1. The molecule has 0 amide bonds. The quantitative estimate of drug-likeness (QED) is 0.528. The maximum Gasteiger partial charge on any atom is 0.333 e. The zero-order valence-corrected chi connectivity index (χ0v) is 8.88. The minimum Gasteiger partial charge on any atom is -0.479 e. The Morgan fingerprint density at radius 1 is 1.40 bits per heavy atom. The summed E-state index contributed by atoms with van der Waals surface area (Å²) in [5.74, 6) is -1.16. The molecule has 1 radical (unpaired) electrons. The first-order valence-electron chi connectivity index (χ1n) is 2.76. The van der Waals surface area contributed by atoms with E-state index in [1.54, 1.807) is 20.8 Å². The van der Waals surface area contributed by atoms with Gasteiger partial charge in [-0.05, 0) is 5.41 Å². The van der Waals surface area contributed by atoms with Crippen LogP contribution in [0.15, 0.2) is 0 Å². The van der Waals surface area contributed by atoms with E-state index >= 15 is 0 Å². The molecule has 0 spiro atoms. The largest absolute Gasteiger partial charge is 0.479 e. The van der Waals surface area contributed by atoms with Crippen LogP contribution in [0, 0.1) is 5.41 Å². The second-order valence-electron chi connectivity index (χ2n) is 3.11. The van der Waals surface area contributed by atoms with E-state index in [1.807, 2.05) is 0 Å². The minimum absolute atomic E-state index is 0. The SMILES string of the molecule is CC(C)(C)C(O)C(=O)O.[Na]. The molecule has 0 bridgehead atoms. The summed E-state index contributed by atoms with van der Waals surface area (Å²) in [7, 11) is 0. The topological polar surface area (TPSA) is 57.5 Å². The molecule has 1 unspecified atom stereocenters. The summed E-state index contributed by atoms with van der Waals surface area (Å²) in [6.07, 6.45) is -1.27. The molecule has 1 atom stereocenters. The van der Waals surface area contributed by atoms with E-state index in [0.29, 0.717) is 0 Å². The molecule has 0 aromatic carbocycles. The maximum atomic E-state index is 10.1. The first-order valence-corrected chi connectivity index (χ1v) is 2.76. The molecule has 2 N–H and O–H groups in total. The van der Waals surface area contributed by atoms with Crippen molar-refractivity contribution in [3.63, 3.8) is 0 Å². The Kier molecular flexibility index (Phi) is 5.66. The fraction of sp³-hybridized carbons (Fsp3) is 0.833. The van der Waals surface area contributed by atoms with Gasteiger partial charge in [0, 0.05) is 29.6 Å². The number of aliphatic hydroxyl groups is 1. The van der Waals surface area contributed by atoms with Gasteiger partial charge < -0.3 is 10.2 Å². The van der Waals surface area contributed by atoms with Gasteiger partial charge in [0.15, 0.2) is 6.10 Å². The van der Waals surface area contributed by atoms with Gasteiger partial charge in [0.25, 0.3) is 0 Å². The van der Waals surface area contributed by atoms with Crippen LogP contribution in [0.2, 0.25) is 0 Å². The number of carbonyl (C=O) groups is 1. The van der Waals surface area contributed by atoms with E-state index in [9.17, 15) is 4.79 Å². The molecule has 0 fully saturated rings. The third kappa shape index (κ3) is 4.28. The third-order valence-electron chi connectivity index (χ3n) is 1.05. The molecule has 0 rings (SSSR count). The monoisotopic (exact) mass is 155 g/mol. The van der Waals surface area contributed by atoms with Crippen molar-refractivity contribution < 1.29 is 15.0 Å². The zero-order valence-electron chi connectivity index (χ0n) is 6.88. The zero-order chi connectivity index (χ0) is 7.65. The summed E-state index contributed by atoms with van der Waals surface area (Å²) in [6, 6.07) is 0. The number of carboxylic acid groups (broad SMARTS) is 1. The first kappa shape index (κ1) is 13.1. The summed E-state index contributed by atoms with van der Waals surface area (Å²) in [4.78, 5) is 10.1. The Bertz CT molecular complexity index is 117. The molecular weight excluding hydrogens is 143 g/mol. The average Bonchev–Trinajstić information content (AvgIpc) is 1.62. The molecule has 0 aromatic rings. The normalized spacial score (nSPS) is 13.6. The third-order valence-corrected chi connectivity index (χ3v) is 1.05. The van der Waals surface area contributed by atoms with Crippen molar-refractivity contribution in [2.24, 2.45) is 5.41 Å². The van der Waals surface area contributed by atoms with Gasteiger partial charge in [-0.2, -0.15) is 0 Å². The van der Waals surface area contributed by atoms with Crippen LogP contribution in [0.1, 0.15) is 20.8 Å². The molecule has 0 aromatic heterocycles. The van der Waals surface area contributed by atoms with Crippen LogP contribution in [0.4, 0.5) is 0 Å². The van der Waals surface area contributed by atoms with Crippen molar-refractivity contribution >= 4 is 35.5 Å². The number of hydrogen-bond acceptors (Lipinski definition) is 2. The van der Waals surface area contributed by atoms with Crippen LogP contribution in [-0.4, -0.2) is 51.8 Å². The second-order valence-corrected chi connectivity index (χ2v) is 3.11. The summed E-state index contributed by atoms with van der Waals surface area (Å²) in [5, 5.41) is 17.1. The van der Waals surface area contributed by atoms with Crippen LogP contribution in [0.5, 0.6) is 0 Å². The van der Waals surface area contributed by atoms with E-state index in [4.69, 9.17) is 10.2 Å². The second kappa shape index (κ2) is 4.34. The molecule has 3 nitrogen and oxygen atoms in total. The summed E-state index contributed by atoms with van der Waals surface area (Å²) in [6.45, 7) is 5.02. The van der Waals surface area contributed by atoms with E-state index in [-0.39, 0.29) is 29.6 Å². The molecule has 0 aliphatic carbocycles. The fourth-order valence-electron chi connectivity index (χ4n) is 0.370. The molecule has 0 heterocycles. The molecule has 55 valence electrons. The van der Waals surface area contributed by atoms with Gasteiger partial charge in [-0.15, -0.1) is 0 Å². The van der Waals surface area contributed by atoms with E-state index in [1.165, 1.54) is 0 Å². The van der Waals surface area contributed by atoms with Gasteiger partial charge in [-0.3, -0.25) is 0 Å². The molecule has 0 aliphatic rings. The predicted molar refractivity (Wildman–Crippen MR) is 38.9 cm³/mol. The number of aliphatic carboxylic acids is 1. The van der Waals surface area contributed by atoms with E-state index in [0.717, 1.165) is 0 Å². The van der Waals surface area contributed by atoms with Gasteiger partial charge in [0.2, 0.25) is 0 Å². The first-order chi connectivity index (χ1) is 3.85. The van der Waals surface area contributed by atoms with Crippen molar-refractivity contribution in [1.82, 2.24) is 0 Å². The van der Waals surface area contributed by atoms with Crippen LogP contribution in [-0.2, 0) is 4.79 Å². The van der Waals surface area contributed by atoms with Gasteiger partial charge in [-0.25, -0.2) is 4.79 Å². The Hall–Kier alpha value is 0.430. The average molecular weight is 155 g/mol. The Morgan fingerprint density at radius 3 is 1.70 bits per heavy atom. The van der Waals surface area contributed by atoms with Gasteiger partial charge in [0.05, 0.1) is 0 Å². The van der Waals surface area contributed by atoms with E-state index in [2.05, 4.69) is 0 Å². The predicted octanol–water partition coefficient (Wildman–Crippen LogP) is 0.0972. The molecular formula is C6H12NaO3. The van der Waals surface area contributed by atoms with Crippen LogP contribution in [0.25, 0.3) is 0 Å². The van der Waals surface area contributed by atoms with Crippen molar-refractivity contribution in [3.8, 4) is 0 Å². The van der Waals surface area contributed by atoms with Gasteiger partial charge in [0.1, 0.15) is 0 Å². The smallest absolute Gasteiger partial charge is 0.333 e. The molecule has 10 heavy (non-hydrogen) atoms. The standard InChI is InChI=1S/C6H12O3.Na/c1-6(2,3)4(7)5(8)9;/h4,7H,1-3H3,(H,8,9);. The fourth-order valence-corrected chi connectivity index (χ4v) is 0.370. The summed E-state index contributed by atoms with van der Waals surface area (Å²) in [5.41, 5.74) is -0.564. The van der Waals surface area contributed by atoms with E-state index < -0.39 is 17.5 Å². The molecule has 4 heteroatoms. The number of rotatable bonds is 1. The van der Waals surface area contributed by atoms with Gasteiger partial charge >= 0.3 is 5.97 Å². The Labute approximate surface area is 82.7 Å². The van der Waals surface area contributed by atoms with Crippen LogP contribution in [0.3, 0.4) is 0 Å². The van der Waals surface area contributed by atoms with Crippen LogP contribution >= 0.6 is 0 Å². The number of hydrogen-bond donors (Lipinski definition) is 2. The number of carboxylic acids is 1. The Balaban J connectivity index is 0. The minimum atomic E-state index is -1.27. The molecule has 0 saturated carbocycles. The van der Waals surface area contributed by atoms with Crippen molar-refractivity contribution in [1.29, 1.82) is 0 Å². The summed E-state index contributed by atoms with van der Waals surface area (Å²) < 4.78 is 0. The van der Waals surface area contributed by atoms with Crippen LogP contribution < -0.4 is 0 Å². The summed E-state index contributed by atoms with van der Waals surface area (Å²) >= 11 is 0. The van der Waals surface area contributed by atoms with Gasteiger partial charge in [-0.1, -0.05) is 20.8 Å². The van der Waals surface area contributed by atoms with Crippen molar-refractivity contribution in [3.05, 3.63) is 0 Å². The molecule has 0 saturated heterocycles. The Morgan fingerprint density at radius 2 is 1.70 bits per heavy atom. The van der Waals surface area contributed by atoms with Crippen molar-refractivity contribution in [2.75, 3.05) is 0 Å². The van der Waals surface area contributed by atoms with Crippen molar-refractivity contribution in [2.45, 2.75) is 26.9 Å². The molecule has 0 aliphatic heterocycles.